The quantitative estimate of drug-likeness (QED) is 0.0842. The number of aromatic nitrogens is 2. The topological polar surface area (TPSA) is 47.5 Å². The van der Waals surface area contributed by atoms with Crippen molar-refractivity contribution in [3.05, 3.63) is 47.2 Å². The maximum absolute atomic E-state index is 15.9. The lowest BCUT2D eigenvalue weighted by Crippen LogP contribution is -2.73. The third-order valence-corrected chi connectivity index (χ3v) is 6.98. The highest BCUT2D eigenvalue weighted by atomic mass is 19.4. The summed E-state index contributed by atoms with van der Waals surface area (Å²) in [5.41, 5.74) is -2.22. The molecule has 1 aromatic rings. The monoisotopic (exact) mass is 789 g/mol. The fourth-order valence-electron chi connectivity index (χ4n) is 3.99. The van der Waals surface area contributed by atoms with Gasteiger partial charge in [-0.05, 0) is 25.7 Å². The van der Waals surface area contributed by atoms with Crippen molar-refractivity contribution >= 4 is 0 Å². The lowest BCUT2D eigenvalue weighted by atomic mass is 9.93. The summed E-state index contributed by atoms with van der Waals surface area (Å²) in [5, 5.41) is -2.47. The van der Waals surface area contributed by atoms with Crippen molar-refractivity contribution in [2.75, 3.05) is 13.2 Å². The second-order valence-electron chi connectivity index (χ2n) is 10.7. The Morgan fingerprint density at radius 3 is 1.63 bits per heavy atom. The Balaban J connectivity index is 2.45. The van der Waals surface area contributed by atoms with Crippen LogP contribution in [0.3, 0.4) is 0 Å². The van der Waals surface area contributed by atoms with Crippen LogP contribution in [-0.2, 0) is 21.8 Å². The van der Waals surface area contributed by atoms with Gasteiger partial charge in [0.2, 0.25) is 17.5 Å². The number of aryl methyl sites for hydroxylation is 1. The molecular weight excluding hydrogens is 766 g/mol. The Hall–Kier alpha value is -3.12. The molecular formula is C26H23F20N3O2. The molecule has 294 valence electrons. The van der Waals surface area contributed by atoms with Crippen LogP contribution in [0.4, 0.5) is 87.8 Å². The second-order valence-corrected chi connectivity index (χ2v) is 10.7. The molecule has 0 spiro atoms. The van der Waals surface area contributed by atoms with E-state index in [9.17, 15) is 83.4 Å². The van der Waals surface area contributed by atoms with Gasteiger partial charge in [-0.3, -0.25) is 9.97 Å². The number of rotatable bonds is 18. The molecule has 25 heteroatoms. The van der Waals surface area contributed by atoms with Crippen LogP contribution in [0.15, 0.2) is 35.8 Å². The zero-order valence-electron chi connectivity index (χ0n) is 25.2. The summed E-state index contributed by atoms with van der Waals surface area (Å²) in [6, 6.07) is 0. The number of hydrogen-bond donors (Lipinski definition) is 0. The summed E-state index contributed by atoms with van der Waals surface area (Å²) >= 11 is 0. The lowest BCUT2D eigenvalue weighted by Gasteiger charge is -2.43. The molecule has 1 atom stereocenters. The van der Waals surface area contributed by atoms with E-state index in [2.05, 4.69) is 14.8 Å². The highest BCUT2D eigenvalue weighted by Crippen LogP contribution is 2.63. The first-order valence-electron chi connectivity index (χ1n) is 14.0. The van der Waals surface area contributed by atoms with E-state index in [1.54, 1.807) is 0 Å². The number of hydroxylamine groups is 2. The van der Waals surface area contributed by atoms with Crippen LogP contribution in [0.5, 0.6) is 0 Å². The smallest absolute Gasteiger partial charge is 0.381 e. The molecule has 2 heterocycles. The molecule has 1 aliphatic heterocycles. The predicted octanol–water partition coefficient (Wildman–Crippen LogP) is 10.4. The van der Waals surface area contributed by atoms with Gasteiger partial charge in [-0.25, -0.2) is 13.2 Å². The van der Waals surface area contributed by atoms with Crippen LogP contribution < -0.4 is 0 Å². The van der Waals surface area contributed by atoms with Crippen LogP contribution in [0.2, 0.25) is 0 Å². The van der Waals surface area contributed by atoms with Gasteiger partial charge in [-0.1, -0.05) is 26.2 Å². The molecule has 0 saturated carbocycles. The van der Waals surface area contributed by atoms with Gasteiger partial charge in [0.1, 0.15) is 5.69 Å². The van der Waals surface area contributed by atoms with E-state index in [1.807, 2.05) is 6.92 Å². The lowest BCUT2D eigenvalue weighted by molar-refractivity contribution is -0.501. The molecule has 0 bridgehead atoms. The predicted molar refractivity (Wildman–Crippen MR) is 130 cm³/mol. The van der Waals surface area contributed by atoms with Crippen molar-refractivity contribution in [3.8, 4) is 0 Å². The van der Waals surface area contributed by atoms with Crippen molar-refractivity contribution in [1.29, 1.82) is 0 Å². The Labute approximate surface area is 273 Å². The average Bonchev–Trinajstić information content (AvgIpc) is 3.03. The van der Waals surface area contributed by atoms with Crippen molar-refractivity contribution < 1.29 is 97.4 Å². The van der Waals surface area contributed by atoms with E-state index in [-0.39, 0.29) is 31.3 Å². The molecule has 2 rings (SSSR count). The van der Waals surface area contributed by atoms with Crippen LogP contribution in [-0.4, -0.2) is 70.1 Å². The molecule has 0 aromatic carbocycles. The number of unbranched alkanes of at least 4 members (excludes halogenated alkanes) is 4. The van der Waals surface area contributed by atoms with Gasteiger partial charge in [0.05, 0.1) is 11.9 Å². The Morgan fingerprint density at radius 2 is 1.14 bits per heavy atom. The SMILES string of the molecule is CCCCCCOCCCCc1cnc(C2(F)C(F)=C(F)C(F)=C(F)N2OC(F)(F)C(F)(F)C(F)(F)C(F)(F)C(F)(F)C(F)(F)C(F)(F)F)cn1. The maximum atomic E-state index is 15.9. The molecule has 0 saturated heterocycles. The first kappa shape index (κ1) is 44.0. The van der Waals surface area contributed by atoms with Crippen LogP contribution in [0.25, 0.3) is 0 Å². The summed E-state index contributed by atoms with van der Waals surface area (Å²) in [6.07, 6.45) is -11.3. The average molecular weight is 789 g/mol. The molecule has 0 N–H and O–H groups in total. The molecule has 1 aromatic heterocycles. The number of alkyl halides is 16. The first-order chi connectivity index (χ1) is 23.0. The third-order valence-electron chi connectivity index (χ3n) is 6.98. The van der Waals surface area contributed by atoms with E-state index in [0.717, 1.165) is 25.7 Å². The van der Waals surface area contributed by atoms with Crippen molar-refractivity contribution in [2.45, 2.75) is 99.6 Å². The third kappa shape index (κ3) is 7.68. The molecule has 0 radical (unpaired) electrons. The van der Waals surface area contributed by atoms with Gasteiger partial charge in [0.15, 0.2) is 0 Å². The van der Waals surface area contributed by atoms with Gasteiger partial charge in [-0.15, -0.1) is 0 Å². The standard InChI is InChI=1S/C26H23F20N3O2/c1-2-3-4-6-9-50-10-7-5-8-13-11-48-14(12-47-13)19(31)17(29)15(27)16(28)18(30)49(19)51-26(45,46)24(40,41)22(36,37)20(32,33)21(34,35)23(38,39)25(42,43)44/h11-12H,2-10H2,1H3. The minimum Gasteiger partial charge on any atom is -0.381 e. The van der Waals surface area contributed by atoms with E-state index >= 15 is 4.39 Å². The van der Waals surface area contributed by atoms with Crippen LogP contribution >= 0.6 is 0 Å². The maximum Gasteiger partial charge on any atom is 0.460 e. The highest BCUT2D eigenvalue weighted by molar-refractivity contribution is 5.37. The van der Waals surface area contributed by atoms with E-state index in [4.69, 9.17) is 4.74 Å². The summed E-state index contributed by atoms with van der Waals surface area (Å²) in [5.74, 6) is -62.5. The van der Waals surface area contributed by atoms with Gasteiger partial charge in [-0.2, -0.15) is 84.5 Å². The first-order valence-corrected chi connectivity index (χ1v) is 14.0. The van der Waals surface area contributed by atoms with Gasteiger partial charge in [0.25, 0.3) is 5.95 Å². The van der Waals surface area contributed by atoms with Gasteiger partial charge < -0.3 is 4.74 Å². The van der Waals surface area contributed by atoms with E-state index < -0.39 is 81.9 Å². The Bertz CT molecular complexity index is 1410. The molecule has 0 amide bonds. The highest BCUT2D eigenvalue weighted by Gasteiger charge is 2.94. The molecule has 5 nitrogen and oxygen atoms in total. The Kier molecular flexibility index (Phi) is 13.0. The normalized spacial score (nSPS) is 19.0. The fourth-order valence-corrected chi connectivity index (χ4v) is 3.99. The van der Waals surface area contributed by atoms with Gasteiger partial charge >= 0.3 is 47.7 Å². The summed E-state index contributed by atoms with van der Waals surface area (Å²) < 4.78 is 281. The minimum absolute atomic E-state index is 0.0713. The number of halogens is 20. The molecule has 1 aliphatic rings. The minimum atomic E-state index is -8.83. The number of nitrogens with zero attached hydrogens (tertiary/aromatic N) is 3. The van der Waals surface area contributed by atoms with Crippen LogP contribution in [0.1, 0.15) is 56.8 Å². The molecule has 0 fully saturated rings. The van der Waals surface area contributed by atoms with Crippen molar-refractivity contribution in [3.63, 3.8) is 0 Å². The summed E-state index contributed by atoms with van der Waals surface area (Å²) in [4.78, 5) is 9.01. The largest absolute Gasteiger partial charge is 0.460 e. The van der Waals surface area contributed by atoms with E-state index in [0.29, 0.717) is 19.2 Å². The fraction of sp³-hybridized carbons (Fsp3) is 0.692. The van der Waals surface area contributed by atoms with E-state index in [1.165, 1.54) is 0 Å². The summed E-state index contributed by atoms with van der Waals surface area (Å²) in [6.45, 7) is 2.65. The van der Waals surface area contributed by atoms with Crippen molar-refractivity contribution in [1.82, 2.24) is 15.0 Å². The zero-order valence-corrected chi connectivity index (χ0v) is 25.2. The zero-order chi connectivity index (χ0) is 39.6. The van der Waals surface area contributed by atoms with Crippen LogP contribution in [0, 0.1) is 0 Å². The summed E-state index contributed by atoms with van der Waals surface area (Å²) in [7, 11) is 0. The Morgan fingerprint density at radius 1 is 0.627 bits per heavy atom. The second kappa shape index (κ2) is 15.1. The molecule has 1 unspecified atom stereocenters. The molecule has 0 aliphatic carbocycles. The number of ether oxygens (including phenoxy) is 1. The van der Waals surface area contributed by atoms with Crippen molar-refractivity contribution in [2.24, 2.45) is 0 Å². The van der Waals surface area contributed by atoms with Gasteiger partial charge in [0, 0.05) is 19.4 Å². The number of hydrogen-bond acceptors (Lipinski definition) is 5. The molecule has 51 heavy (non-hydrogen) atoms. The number of allylic oxidation sites excluding steroid dienone is 2.